The van der Waals surface area contributed by atoms with Gasteiger partial charge in [0.2, 0.25) is 5.91 Å². The van der Waals surface area contributed by atoms with Crippen LogP contribution in [0.3, 0.4) is 0 Å². The first kappa shape index (κ1) is 42.8. The Morgan fingerprint density at radius 2 is 1.75 bits per heavy atom. The molecule has 288 valence electrons. The molecule has 0 radical (unpaired) electrons. The van der Waals surface area contributed by atoms with Gasteiger partial charge in [-0.3, -0.25) is 28.9 Å². The fraction of sp³-hybridized carbons (Fsp3) is 0.650. The van der Waals surface area contributed by atoms with Crippen LogP contribution in [0.1, 0.15) is 119 Å². The highest BCUT2D eigenvalue weighted by molar-refractivity contribution is 7.09. The van der Waals surface area contributed by atoms with Gasteiger partial charge in [-0.15, -0.1) is 11.3 Å². The summed E-state index contributed by atoms with van der Waals surface area (Å²) in [5, 5.41) is 14.6. The minimum Gasteiger partial charge on any atom is -0.481 e. The summed E-state index contributed by atoms with van der Waals surface area (Å²) < 4.78 is 5.79. The first-order valence-corrected chi connectivity index (χ1v) is 19.6. The van der Waals surface area contributed by atoms with Crippen LogP contribution in [0.5, 0.6) is 0 Å². The smallest absolute Gasteiger partial charge is 0.306 e. The van der Waals surface area contributed by atoms with Gasteiger partial charge in [0, 0.05) is 50.2 Å². The molecule has 0 bridgehead atoms. The van der Waals surface area contributed by atoms with E-state index in [9.17, 15) is 29.1 Å². The number of likely N-dealkylation sites (tertiary alicyclic amines) is 1. The maximum Gasteiger partial charge on any atom is 0.306 e. The third-order valence-corrected chi connectivity index (χ3v) is 11.6. The maximum atomic E-state index is 14.2. The van der Waals surface area contributed by atoms with Crippen LogP contribution in [0.15, 0.2) is 29.6 Å². The number of Topliss-reactive ketones (excluding diaryl/α,β-unsaturated/α-hetero) is 1. The Labute approximate surface area is 313 Å². The zero-order valence-electron chi connectivity index (χ0n) is 32.5. The van der Waals surface area contributed by atoms with Crippen LogP contribution in [0, 0.1) is 30.6 Å². The molecule has 1 aliphatic rings. The van der Waals surface area contributed by atoms with E-state index in [1.807, 2.05) is 65.9 Å². The number of ketones is 1. The van der Waals surface area contributed by atoms with Crippen molar-refractivity contribution in [1.82, 2.24) is 20.1 Å². The predicted octanol–water partition coefficient (Wildman–Crippen LogP) is 6.49. The molecular weight excluding hydrogens is 681 g/mol. The predicted molar refractivity (Wildman–Crippen MR) is 203 cm³/mol. The van der Waals surface area contributed by atoms with Gasteiger partial charge >= 0.3 is 11.9 Å². The molecular formula is C40H60N4O7S. The fourth-order valence-electron chi connectivity index (χ4n) is 7.10. The van der Waals surface area contributed by atoms with E-state index in [4.69, 9.17) is 4.74 Å². The average molecular weight is 741 g/mol. The summed E-state index contributed by atoms with van der Waals surface area (Å²) in [6, 6.07) is 6.92. The summed E-state index contributed by atoms with van der Waals surface area (Å²) in [6.07, 6.45) is 3.96. The number of likely N-dealkylation sites (N-methyl/N-ethyl adjacent to an activating group) is 1. The molecule has 3 unspecified atom stereocenters. The fourth-order valence-corrected chi connectivity index (χ4v) is 7.94. The van der Waals surface area contributed by atoms with Gasteiger partial charge in [-0.25, -0.2) is 4.98 Å². The first-order valence-electron chi connectivity index (χ1n) is 18.7. The molecule has 1 aromatic carbocycles. The van der Waals surface area contributed by atoms with E-state index in [0.717, 1.165) is 43.4 Å². The zero-order valence-corrected chi connectivity index (χ0v) is 33.3. The molecule has 0 saturated carbocycles. The lowest BCUT2D eigenvalue weighted by Crippen LogP contribution is -2.48. The minimum atomic E-state index is -0.939. The molecule has 1 fully saturated rings. The summed E-state index contributed by atoms with van der Waals surface area (Å²) in [7, 11) is 3.74. The molecule has 1 aliphatic heterocycles. The largest absolute Gasteiger partial charge is 0.481 e. The number of hydrogen-bond acceptors (Lipinski definition) is 9. The number of esters is 1. The van der Waals surface area contributed by atoms with E-state index in [-0.39, 0.29) is 60.6 Å². The summed E-state index contributed by atoms with van der Waals surface area (Å²) in [5.41, 5.74) is 2.22. The van der Waals surface area contributed by atoms with Crippen LogP contribution in [0.4, 0.5) is 0 Å². The van der Waals surface area contributed by atoms with Gasteiger partial charge in [-0.2, -0.15) is 0 Å². The number of carboxylic acids is 1. The number of carboxylic acid groups (broad SMARTS) is 1. The Morgan fingerprint density at radius 3 is 2.33 bits per heavy atom. The molecule has 2 N–H and O–H groups in total. The Bertz CT molecular complexity index is 1510. The van der Waals surface area contributed by atoms with Gasteiger partial charge in [0.1, 0.15) is 10.7 Å². The van der Waals surface area contributed by atoms with Crippen molar-refractivity contribution in [1.29, 1.82) is 0 Å². The Hall–Kier alpha value is -3.64. The number of aliphatic carboxylic acids is 1. The summed E-state index contributed by atoms with van der Waals surface area (Å²) in [4.78, 5) is 73.8. The van der Waals surface area contributed by atoms with Crippen molar-refractivity contribution >= 4 is 40.9 Å². The summed E-state index contributed by atoms with van der Waals surface area (Å²) in [6.45, 7) is 13.9. The number of ether oxygens (including phenoxy) is 1. The molecule has 0 aliphatic carbocycles. The second kappa shape index (κ2) is 20.0. The number of nitrogens with zero attached hydrogens (tertiary/aromatic N) is 3. The van der Waals surface area contributed by atoms with Gasteiger partial charge < -0.3 is 20.1 Å². The Morgan fingerprint density at radius 1 is 1.08 bits per heavy atom. The molecule has 12 heteroatoms. The van der Waals surface area contributed by atoms with E-state index in [1.165, 1.54) is 18.3 Å². The highest BCUT2D eigenvalue weighted by atomic mass is 32.1. The lowest BCUT2D eigenvalue weighted by molar-refractivity contribution is -0.149. The van der Waals surface area contributed by atoms with Crippen LogP contribution >= 0.6 is 11.3 Å². The van der Waals surface area contributed by atoms with Crippen LogP contribution in [-0.2, 0) is 30.3 Å². The second-order valence-corrected chi connectivity index (χ2v) is 16.0. The number of thiazole rings is 1. The number of hydrogen-bond donors (Lipinski definition) is 2. The third-order valence-electron chi connectivity index (χ3n) is 10.6. The lowest BCUT2D eigenvalue weighted by atomic mass is 9.83. The standard InChI is InChI=1S/C40H60N4O7S/c1-10-26(5)31(21-35(46)33-13-11-12-18-43(33)8)39(48)44(9)34(24(2)3)22-36(51-28(7)45)38-42-32(23-52-38)37(47)41-30(19-27(6)40(49)50)20-29-16-14-25(4)15-17-29/h14-17,23-24,26-27,30-31,33-34,36H,10-13,18-22H2,1-9H3,(H,41,47)(H,49,50)/t26?,27-,30+,31-,33?,34?,36+/m0/s1. The van der Waals surface area contributed by atoms with Crippen molar-refractivity contribution in [2.75, 3.05) is 20.6 Å². The minimum absolute atomic E-state index is 0.00164. The molecule has 1 aromatic heterocycles. The molecule has 2 amide bonds. The highest BCUT2D eigenvalue weighted by Crippen LogP contribution is 2.33. The quantitative estimate of drug-likeness (QED) is 0.155. The number of carbonyl (C=O) groups excluding carboxylic acids is 4. The number of benzene rings is 1. The van der Waals surface area contributed by atoms with Gasteiger partial charge in [0.15, 0.2) is 11.9 Å². The SMILES string of the molecule is CCC(C)[C@H](CC(=O)C1CCCCN1C)C(=O)N(C)C(C[C@@H](OC(C)=O)c1nc(C(=O)N[C@@H](Cc2ccc(C)cc2)C[C@H](C)C(=O)O)cs1)C(C)C. The van der Waals surface area contributed by atoms with Crippen LogP contribution in [0.2, 0.25) is 0 Å². The molecule has 2 aromatic rings. The third kappa shape index (κ3) is 12.2. The molecule has 7 atom stereocenters. The van der Waals surface area contributed by atoms with E-state index in [0.29, 0.717) is 11.4 Å². The van der Waals surface area contributed by atoms with Crippen LogP contribution in [0.25, 0.3) is 0 Å². The monoisotopic (exact) mass is 740 g/mol. The van der Waals surface area contributed by atoms with Gasteiger partial charge in [0.25, 0.3) is 5.91 Å². The Balaban J connectivity index is 1.81. The number of aryl methyl sites for hydroxylation is 1. The van der Waals surface area contributed by atoms with Crippen LogP contribution in [-0.4, -0.2) is 88.2 Å². The zero-order chi connectivity index (χ0) is 38.7. The second-order valence-electron chi connectivity index (χ2n) is 15.2. The van der Waals surface area contributed by atoms with E-state index in [2.05, 4.69) is 15.2 Å². The Kier molecular flexibility index (Phi) is 16.4. The van der Waals surface area contributed by atoms with Crippen molar-refractivity contribution in [2.45, 2.75) is 124 Å². The van der Waals surface area contributed by atoms with Crippen molar-refractivity contribution in [2.24, 2.45) is 23.7 Å². The van der Waals surface area contributed by atoms with Crippen molar-refractivity contribution in [3.63, 3.8) is 0 Å². The molecule has 0 spiro atoms. The number of nitrogens with one attached hydrogen (secondary N) is 1. The molecule has 3 rings (SSSR count). The van der Waals surface area contributed by atoms with E-state index < -0.39 is 41.8 Å². The molecule has 1 saturated heterocycles. The van der Waals surface area contributed by atoms with E-state index >= 15 is 0 Å². The first-order chi connectivity index (χ1) is 24.5. The normalized spacial score (nSPS) is 18.5. The summed E-state index contributed by atoms with van der Waals surface area (Å²) in [5.74, 6) is -3.06. The molecule has 11 nitrogen and oxygen atoms in total. The molecule has 52 heavy (non-hydrogen) atoms. The van der Waals surface area contributed by atoms with Crippen molar-refractivity contribution < 1.29 is 33.8 Å². The summed E-state index contributed by atoms with van der Waals surface area (Å²) >= 11 is 1.20. The maximum absolute atomic E-state index is 14.2. The number of rotatable bonds is 19. The van der Waals surface area contributed by atoms with Crippen LogP contribution < -0.4 is 5.32 Å². The van der Waals surface area contributed by atoms with Crippen molar-refractivity contribution in [3.8, 4) is 0 Å². The highest BCUT2D eigenvalue weighted by Gasteiger charge is 2.37. The van der Waals surface area contributed by atoms with Gasteiger partial charge in [-0.1, -0.05) is 77.3 Å². The number of carbonyl (C=O) groups is 5. The van der Waals surface area contributed by atoms with Crippen molar-refractivity contribution in [3.05, 3.63) is 51.5 Å². The number of amides is 2. The van der Waals surface area contributed by atoms with Gasteiger partial charge in [0.05, 0.1) is 12.0 Å². The van der Waals surface area contributed by atoms with E-state index in [1.54, 1.807) is 24.3 Å². The van der Waals surface area contributed by atoms with Gasteiger partial charge in [-0.05, 0) is 63.6 Å². The number of piperidine rings is 1. The molecule has 2 heterocycles. The average Bonchev–Trinajstić information content (AvgIpc) is 3.59. The topological polar surface area (TPSA) is 146 Å². The lowest BCUT2D eigenvalue weighted by Gasteiger charge is -2.37. The number of aromatic nitrogens is 1.